The second kappa shape index (κ2) is 30.3. The molecule has 0 aromatic heterocycles. The largest absolute Gasteiger partial charge is 0.478 e. The van der Waals surface area contributed by atoms with Crippen molar-refractivity contribution in [2.24, 2.45) is 17.3 Å². The van der Waals surface area contributed by atoms with E-state index in [9.17, 15) is 14.7 Å². The first kappa shape index (κ1) is 55.3. The minimum atomic E-state index is -2.38. The Morgan fingerprint density at radius 1 is 0.517 bits per heavy atom. The molecule has 2 heterocycles. The van der Waals surface area contributed by atoms with Gasteiger partial charge in [-0.1, -0.05) is 156 Å². The molecule has 0 unspecified atom stereocenters. The average molecular weight is 826 g/mol. The summed E-state index contributed by atoms with van der Waals surface area (Å²) in [4.78, 5) is 32.9. The number of carbonyl (C=O) groups is 2. The van der Waals surface area contributed by atoms with Gasteiger partial charge in [0.1, 0.15) is 39.2 Å². The first-order valence-corrected chi connectivity index (χ1v) is 25.2. The van der Waals surface area contributed by atoms with E-state index in [-0.39, 0.29) is 12.0 Å². The Bertz CT molecular complexity index is 1040. The Balaban J connectivity index is 2.40. The number of hydrogen-bond donors (Lipinski definition) is 1. The molecule has 0 aromatic carbocycles. The Hall–Kier alpha value is -0.855. The SMILES string of the molecule is [B]C([B])(OC(=O)C(CCCCCCC)CCCCCCC)C([B])(N1CCC2(CCN(CCCCO)CC2)CC1)C([B])([B])OC(=O)C(CCCCCCC)CCCCCCC. The van der Waals surface area contributed by atoms with Gasteiger partial charge in [0.25, 0.3) is 0 Å². The summed E-state index contributed by atoms with van der Waals surface area (Å²) in [7, 11) is 35.3. The topological polar surface area (TPSA) is 79.3 Å². The maximum atomic E-state index is 14.3. The molecule has 2 saturated heterocycles. The number of hydrogen-bond acceptors (Lipinski definition) is 7. The normalized spacial score (nSPS) is 16.9. The highest BCUT2D eigenvalue weighted by Crippen LogP contribution is 2.46. The molecule has 2 aliphatic heterocycles. The molecule has 334 valence electrons. The lowest BCUT2D eigenvalue weighted by Gasteiger charge is -2.62. The predicted molar refractivity (Wildman–Crippen MR) is 255 cm³/mol. The van der Waals surface area contributed by atoms with Gasteiger partial charge >= 0.3 is 11.9 Å². The minimum absolute atomic E-state index is 0.108. The van der Waals surface area contributed by atoms with Crippen LogP contribution < -0.4 is 0 Å². The standard InChI is InChI=1S/C48H87B5N2O5/c1-5-9-13-17-21-27-41(28-22-18-14-10-6-2)43(57)59-47(50,51)46(49,55-38-33-45(34-39-55)31-36-54(37-32-45)35-25-26-40-56)48(52,53)60-44(58)42(29-23-19-15-11-7-3)30-24-20-16-12-8-4/h41-42,56H,5-40H2,1-4H3. The molecule has 0 aliphatic carbocycles. The lowest BCUT2D eigenvalue weighted by molar-refractivity contribution is -0.172. The zero-order valence-corrected chi connectivity index (χ0v) is 39.5. The highest BCUT2D eigenvalue weighted by atomic mass is 16.6. The number of nitrogens with zero attached hydrogens (tertiary/aromatic N) is 2. The minimum Gasteiger partial charge on any atom is -0.478 e. The van der Waals surface area contributed by atoms with Gasteiger partial charge in [-0.05, 0) is 102 Å². The van der Waals surface area contributed by atoms with E-state index in [0.29, 0.717) is 38.8 Å². The van der Waals surface area contributed by atoms with E-state index >= 15 is 0 Å². The number of esters is 2. The lowest BCUT2D eigenvalue weighted by atomic mass is 9.34. The number of piperidine rings is 2. The lowest BCUT2D eigenvalue weighted by Crippen LogP contribution is -2.80. The summed E-state index contributed by atoms with van der Waals surface area (Å²) in [6, 6.07) is 0. The van der Waals surface area contributed by atoms with Crippen LogP contribution in [0, 0.1) is 17.3 Å². The summed E-state index contributed by atoms with van der Waals surface area (Å²) in [5.74, 6) is -1.79. The van der Waals surface area contributed by atoms with Gasteiger partial charge in [-0.3, -0.25) is 9.59 Å². The van der Waals surface area contributed by atoms with Crippen LogP contribution in [-0.2, 0) is 19.1 Å². The molecular weight excluding hydrogens is 739 g/mol. The van der Waals surface area contributed by atoms with E-state index in [1.165, 1.54) is 25.7 Å². The van der Waals surface area contributed by atoms with E-state index in [2.05, 4.69) is 32.6 Å². The van der Waals surface area contributed by atoms with Gasteiger partial charge in [0.05, 0.1) is 11.8 Å². The van der Waals surface area contributed by atoms with E-state index in [1.807, 2.05) is 4.90 Å². The molecule has 12 heteroatoms. The molecule has 1 N–H and O–H groups in total. The third-order valence-electron chi connectivity index (χ3n) is 14.1. The molecule has 60 heavy (non-hydrogen) atoms. The zero-order chi connectivity index (χ0) is 44.3. The van der Waals surface area contributed by atoms with Gasteiger partial charge in [-0.2, -0.15) is 0 Å². The second-order valence-corrected chi connectivity index (χ2v) is 19.2. The molecule has 2 aliphatic rings. The van der Waals surface area contributed by atoms with E-state index in [1.54, 1.807) is 0 Å². The van der Waals surface area contributed by atoms with Crippen LogP contribution in [-0.4, -0.2) is 122 Å². The number of aliphatic hydroxyl groups excluding tert-OH is 1. The number of likely N-dealkylation sites (tertiary alicyclic amines) is 2. The van der Waals surface area contributed by atoms with Gasteiger partial charge in [0, 0.05) is 22.8 Å². The summed E-state index contributed by atoms with van der Waals surface area (Å²) < 4.78 is 12.4. The maximum absolute atomic E-state index is 14.3. The van der Waals surface area contributed by atoms with Crippen LogP contribution in [0.15, 0.2) is 0 Å². The van der Waals surface area contributed by atoms with Crippen LogP contribution in [0.25, 0.3) is 0 Å². The van der Waals surface area contributed by atoms with E-state index in [4.69, 9.17) is 48.7 Å². The van der Waals surface area contributed by atoms with Crippen LogP contribution in [0.5, 0.6) is 0 Å². The molecule has 1 spiro atoms. The molecule has 0 bridgehead atoms. The third-order valence-corrected chi connectivity index (χ3v) is 14.1. The monoisotopic (exact) mass is 827 g/mol. The molecule has 7 nitrogen and oxygen atoms in total. The van der Waals surface area contributed by atoms with Crippen LogP contribution in [0.2, 0.25) is 0 Å². The summed E-state index contributed by atoms with van der Waals surface area (Å²) >= 11 is 0. The number of unbranched alkanes of at least 4 members (excludes halogenated alkanes) is 17. The first-order valence-electron chi connectivity index (χ1n) is 25.2. The molecule has 0 saturated carbocycles. The summed E-state index contributed by atoms with van der Waals surface area (Å²) in [6.07, 6.45) is 29.8. The zero-order valence-electron chi connectivity index (χ0n) is 39.5. The average Bonchev–Trinajstić information content (AvgIpc) is 3.22. The van der Waals surface area contributed by atoms with Crippen molar-refractivity contribution in [3.8, 4) is 0 Å². The highest BCUT2D eigenvalue weighted by molar-refractivity contribution is 6.52. The van der Waals surface area contributed by atoms with Crippen LogP contribution >= 0.6 is 0 Å². The number of rotatable bonds is 35. The summed E-state index contributed by atoms with van der Waals surface area (Å²) in [5.41, 5.74) is -2.03. The summed E-state index contributed by atoms with van der Waals surface area (Å²) in [5, 5.41) is 4.50. The van der Waals surface area contributed by atoms with Crippen LogP contribution in [0.4, 0.5) is 0 Å². The number of carbonyl (C=O) groups excluding carboxylic acids is 2. The van der Waals surface area contributed by atoms with Crippen molar-refractivity contribution in [3.05, 3.63) is 0 Å². The van der Waals surface area contributed by atoms with Gasteiger partial charge in [0.2, 0.25) is 0 Å². The van der Waals surface area contributed by atoms with Gasteiger partial charge in [-0.15, -0.1) is 0 Å². The molecule has 10 radical (unpaired) electrons. The van der Waals surface area contributed by atoms with Gasteiger partial charge in [0.15, 0.2) is 0 Å². The van der Waals surface area contributed by atoms with Crippen molar-refractivity contribution in [2.75, 3.05) is 39.3 Å². The molecule has 0 atom stereocenters. The first-order chi connectivity index (χ1) is 28.8. The fraction of sp³-hybridized carbons (Fsp3) is 0.958. The van der Waals surface area contributed by atoms with Crippen molar-refractivity contribution >= 4 is 51.2 Å². The van der Waals surface area contributed by atoms with Crippen molar-refractivity contribution < 1.29 is 24.2 Å². The maximum Gasteiger partial charge on any atom is 0.307 e. The molecule has 0 aromatic rings. The highest BCUT2D eigenvalue weighted by Gasteiger charge is 2.58. The number of ether oxygens (including phenoxy) is 2. The van der Waals surface area contributed by atoms with Gasteiger partial charge < -0.3 is 24.4 Å². The molecular formula is C48H87B5N2O5. The number of aliphatic hydroxyl groups is 1. The Morgan fingerprint density at radius 2 is 0.850 bits per heavy atom. The Labute approximate surface area is 377 Å². The van der Waals surface area contributed by atoms with Crippen LogP contribution in [0.3, 0.4) is 0 Å². The Morgan fingerprint density at radius 3 is 1.18 bits per heavy atom. The van der Waals surface area contributed by atoms with Crippen molar-refractivity contribution in [1.82, 2.24) is 9.80 Å². The Kier molecular flexibility index (Phi) is 27.9. The van der Waals surface area contributed by atoms with Crippen molar-refractivity contribution in [3.63, 3.8) is 0 Å². The fourth-order valence-corrected chi connectivity index (χ4v) is 9.72. The van der Waals surface area contributed by atoms with Gasteiger partial charge in [-0.25, -0.2) is 0 Å². The quantitative estimate of drug-likeness (QED) is 0.0388. The van der Waals surface area contributed by atoms with E-state index < -0.39 is 40.0 Å². The third kappa shape index (κ3) is 18.7. The van der Waals surface area contributed by atoms with Crippen molar-refractivity contribution in [1.29, 1.82) is 0 Å². The summed E-state index contributed by atoms with van der Waals surface area (Å²) in [6.45, 7) is 12.9. The molecule has 2 rings (SSSR count). The predicted octanol–water partition coefficient (Wildman–Crippen LogP) is 9.54. The van der Waals surface area contributed by atoms with E-state index in [0.717, 1.165) is 161 Å². The second-order valence-electron chi connectivity index (χ2n) is 19.2. The fourth-order valence-electron chi connectivity index (χ4n) is 9.72. The van der Waals surface area contributed by atoms with Crippen molar-refractivity contribution in [2.45, 2.75) is 237 Å². The smallest absolute Gasteiger partial charge is 0.307 e. The van der Waals surface area contributed by atoms with Crippen LogP contribution in [0.1, 0.15) is 220 Å². The molecule has 0 amide bonds. The molecule has 2 fully saturated rings.